The number of halogens is 3. The Morgan fingerprint density at radius 2 is 1.88 bits per heavy atom. The van der Waals surface area contributed by atoms with Gasteiger partial charge in [-0.3, -0.25) is 4.90 Å². The highest BCUT2D eigenvalue weighted by Gasteiger charge is 2.53. The smallest absolute Gasteiger partial charge is 0.361 e. The molecule has 0 radical (unpaired) electrons. The maximum absolute atomic E-state index is 13.2. The number of aromatic nitrogens is 1. The molecule has 3 aliphatic rings. The number of nitrogens with one attached hydrogen (secondary N) is 1. The topological polar surface area (TPSA) is 43.8 Å². The van der Waals surface area contributed by atoms with E-state index in [0.29, 0.717) is 24.1 Å². The van der Waals surface area contributed by atoms with Gasteiger partial charge in [-0.2, -0.15) is 23.4 Å². The summed E-state index contributed by atoms with van der Waals surface area (Å²) >= 11 is 0. The SMILES string of the molecule is FC(F)(F)c1cc(CN2C3CCC2CC2(C3)N=N2)c2cc[nH]c2c1. The number of H-pyrrole nitrogens is 1. The van der Waals surface area contributed by atoms with Crippen LogP contribution >= 0.6 is 0 Å². The minimum atomic E-state index is -4.33. The number of fused-ring (bicyclic) bond motifs is 3. The number of rotatable bonds is 2. The molecule has 1 aromatic carbocycles. The summed E-state index contributed by atoms with van der Waals surface area (Å²) in [5, 5.41) is 9.29. The number of hydrogen-bond acceptors (Lipinski definition) is 3. The fourth-order valence-electron chi connectivity index (χ4n) is 4.52. The predicted molar refractivity (Wildman–Crippen MR) is 82.5 cm³/mol. The first-order chi connectivity index (χ1) is 11.4. The van der Waals surface area contributed by atoms with E-state index in [1.807, 2.05) is 6.07 Å². The van der Waals surface area contributed by atoms with Crippen molar-refractivity contribution in [2.24, 2.45) is 10.2 Å². The van der Waals surface area contributed by atoms with Gasteiger partial charge in [-0.25, -0.2) is 0 Å². The van der Waals surface area contributed by atoms with Gasteiger partial charge in [0.05, 0.1) is 5.56 Å². The zero-order valence-electron chi connectivity index (χ0n) is 13.0. The lowest BCUT2D eigenvalue weighted by Gasteiger charge is -2.37. The summed E-state index contributed by atoms with van der Waals surface area (Å²) in [4.78, 5) is 5.29. The Kier molecular flexibility index (Phi) is 2.77. The molecule has 2 atom stereocenters. The van der Waals surface area contributed by atoms with Crippen LogP contribution in [0.3, 0.4) is 0 Å². The van der Waals surface area contributed by atoms with E-state index in [9.17, 15) is 13.2 Å². The molecule has 4 nitrogen and oxygen atoms in total. The molecule has 24 heavy (non-hydrogen) atoms. The Labute approximate surface area is 136 Å². The van der Waals surface area contributed by atoms with Crippen LogP contribution in [0, 0.1) is 0 Å². The quantitative estimate of drug-likeness (QED) is 0.865. The Bertz CT molecular complexity index is 816. The summed E-state index contributed by atoms with van der Waals surface area (Å²) in [6.07, 6.45) is 1.39. The first kappa shape index (κ1) is 14.5. The molecule has 0 saturated carbocycles. The molecule has 126 valence electrons. The average Bonchev–Trinajstić information content (AvgIpc) is 2.98. The number of benzene rings is 1. The molecule has 1 N–H and O–H groups in total. The Hall–Kier alpha value is -1.89. The normalized spacial score (nSPS) is 28.1. The molecule has 2 bridgehead atoms. The molecule has 0 aliphatic carbocycles. The highest BCUT2D eigenvalue weighted by molar-refractivity contribution is 5.84. The van der Waals surface area contributed by atoms with Crippen molar-refractivity contribution in [2.45, 2.75) is 56.2 Å². The second-order valence-corrected chi connectivity index (χ2v) is 7.22. The zero-order chi connectivity index (χ0) is 16.5. The number of piperidine rings is 1. The summed E-state index contributed by atoms with van der Waals surface area (Å²) in [6, 6.07) is 5.13. The summed E-state index contributed by atoms with van der Waals surface area (Å²) < 4.78 is 39.6. The van der Waals surface area contributed by atoms with Crippen molar-refractivity contribution in [2.75, 3.05) is 0 Å². The maximum atomic E-state index is 13.2. The monoisotopic (exact) mass is 334 g/mol. The largest absolute Gasteiger partial charge is 0.416 e. The van der Waals surface area contributed by atoms with Gasteiger partial charge < -0.3 is 4.98 Å². The van der Waals surface area contributed by atoms with Crippen molar-refractivity contribution in [3.63, 3.8) is 0 Å². The standard InChI is InChI=1S/C17H17F3N4/c18-17(19,20)11-5-10(14-3-4-21-15(14)6-11)9-24-12-1-2-13(24)8-16(7-12)22-23-16/h3-6,12-13,21H,1-2,7-9H2. The van der Waals surface area contributed by atoms with Gasteiger partial charge in [-0.05, 0) is 36.6 Å². The predicted octanol–water partition coefficient (Wildman–Crippen LogP) is 4.48. The van der Waals surface area contributed by atoms with Crippen LogP contribution in [0.4, 0.5) is 13.2 Å². The highest BCUT2D eigenvalue weighted by Crippen LogP contribution is 2.50. The lowest BCUT2D eigenvalue weighted by Crippen LogP contribution is -2.45. The lowest BCUT2D eigenvalue weighted by atomic mass is 9.93. The van der Waals surface area contributed by atoms with Gasteiger partial charge in [0.1, 0.15) is 0 Å². The fourth-order valence-corrected chi connectivity index (χ4v) is 4.52. The van der Waals surface area contributed by atoms with Crippen LogP contribution < -0.4 is 0 Å². The third-order valence-corrected chi connectivity index (χ3v) is 5.71. The summed E-state index contributed by atoms with van der Waals surface area (Å²) in [5.74, 6) is 0. The average molecular weight is 334 g/mol. The van der Waals surface area contributed by atoms with E-state index in [4.69, 9.17) is 0 Å². The minimum absolute atomic E-state index is 0.153. The molecule has 7 heteroatoms. The van der Waals surface area contributed by atoms with Crippen LogP contribution in [0.5, 0.6) is 0 Å². The van der Waals surface area contributed by atoms with E-state index < -0.39 is 11.7 Å². The van der Waals surface area contributed by atoms with Crippen LogP contribution in [0.2, 0.25) is 0 Å². The van der Waals surface area contributed by atoms with Gasteiger partial charge in [0, 0.05) is 48.6 Å². The molecule has 3 aliphatic heterocycles. The molecule has 2 fully saturated rings. The molecule has 1 spiro atoms. The molecule has 4 heterocycles. The second-order valence-electron chi connectivity index (χ2n) is 7.22. The van der Waals surface area contributed by atoms with Crippen LogP contribution in [-0.4, -0.2) is 27.6 Å². The van der Waals surface area contributed by atoms with Crippen molar-refractivity contribution >= 4 is 10.9 Å². The third kappa shape index (κ3) is 2.17. The number of hydrogen-bond donors (Lipinski definition) is 1. The number of aromatic amines is 1. The molecular formula is C17H17F3N4. The molecule has 0 amide bonds. The van der Waals surface area contributed by atoms with Crippen molar-refractivity contribution < 1.29 is 13.2 Å². The number of nitrogens with zero attached hydrogens (tertiary/aromatic N) is 3. The molecule has 5 rings (SSSR count). The van der Waals surface area contributed by atoms with Crippen molar-refractivity contribution in [1.29, 1.82) is 0 Å². The van der Waals surface area contributed by atoms with Gasteiger partial charge in [0.2, 0.25) is 0 Å². The first-order valence-electron chi connectivity index (χ1n) is 8.31. The van der Waals surface area contributed by atoms with Gasteiger partial charge in [-0.1, -0.05) is 0 Å². The fraction of sp³-hybridized carbons (Fsp3) is 0.529. The van der Waals surface area contributed by atoms with E-state index in [-0.39, 0.29) is 5.66 Å². The maximum Gasteiger partial charge on any atom is 0.416 e. The summed E-state index contributed by atoms with van der Waals surface area (Å²) in [7, 11) is 0. The lowest BCUT2D eigenvalue weighted by molar-refractivity contribution is -0.137. The Balaban J connectivity index is 1.50. The first-order valence-corrected chi connectivity index (χ1v) is 8.31. The van der Waals surface area contributed by atoms with Crippen LogP contribution in [0.1, 0.15) is 36.8 Å². The van der Waals surface area contributed by atoms with E-state index in [1.54, 1.807) is 6.20 Å². The molecule has 2 saturated heterocycles. The van der Waals surface area contributed by atoms with Gasteiger partial charge in [-0.15, -0.1) is 0 Å². The molecule has 2 aromatic rings. The zero-order valence-corrected chi connectivity index (χ0v) is 13.0. The Morgan fingerprint density at radius 3 is 2.50 bits per heavy atom. The van der Waals surface area contributed by atoms with Crippen LogP contribution in [0.25, 0.3) is 10.9 Å². The van der Waals surface area contributed by atoms with E-state index in [0.717, 1.165) is 36.6 Å². The third-order valence-electron chi connectivity index (χ3n) is 5.71. The minimum Gasteiger partial charge on any atom is -0.361 e. The van der Waals surface area contributed by atoms with Crippen LogP contribution in [0.15, 0.2) is 34.6 Å². The molecular weight excluding hydrogens is 317 g/mol. The molecule has 2 unspecified atom stereocenters. The van der Waals surface area contributed by atoms with Gasteiger partial charge >= 0.3 is 6.18 Å². The van der Waals surface area contributed by atoms with Gasteiger partial charge in [0.25, 0.3) is 0 Å². The van der Waals surface area contributed by atoms with Crippen LogP contribution in [-0.2, 0) is 12.7 Å². The van der Waals surface area contributed by atoms with E-state index in [1.165, 1.54) is 12.1 Å². The van der Waals surface area contributed by atoms with Gasteiger partial charge in [0.15, 0.2) is 5.66 Å². The van der Waals surface area contributed by atoms with E-state index in [2.05, 4.69) is 20.1 Å². The second kappa shape index (κ2) is 4.59. The molecule has 1 aromatic heterocycles. The van der Waals surface area contributed by atoms with E-state index >= 15 is 0 Å². The summed E-state index contributed by atoms with van der Waals surface area (Å²) in [6.45, 7) is 0.559. The number of alkyl halides is 3. The summed E-state index contributed by atoms with van der Waals surface area (Å²) in [5.41, 5.74) is 0.562. The van der Waals surface area contributed by atoms with Crippen molar-refractivity contribution in [3.05, 3.63) is 35.5 Å². The highest BCUT2D eigenvalue weighted by atomic mass is 19.4. The van der Waals surface area contributed by atoms with Crippen molar-refractivity contribution in [3.8, 4) is 0 Å². The van der Waals surface area contributed by atoms with Crippen molar-refractivity contribution in [1.82, 2.24) is 9.88 Å². The Morgan fingerprint density at radius 1 is 1.17 bits per heavy atom.